The number of nitrogens with one attached hydrogen (secondary N) is 1. The molecule has 1 amide bonds. The average Bonchev–Trinajstić information content (AvgIpc) is 2.17. The average molecular weight is 187 g/mol. The zero-order chi connectivity index (χ0) is 9.54. The fourth-order valence-electron chi connectivity index (χ4n) is 2.66. The van der Waals surface area contributed by atoms with Crippen molar-refractivity contribution in [3.05, 3.63) is 35.6 Å². The van der Waals surface area contributed by atoms with Crippen molar-refractivity contribution in [2.45, 2.75) is 19.3 Å². The van der Waals surface area contributed by atoms with Gasteiger partial charge in [0.1, 0.15) is 0 Å². The molecule has 0 radical (unpaired) electrons. The first-order valence-corrected chi connectivity index (χ1v) is 5.22. The molecule has 2 bridgehead atoms. The van der Waals surface area contributed by atoms with E-state index in [1.807, 2.05) is 0 Å². The number of carbonyl (C=O) groups is 1. The summed E-state index contributed by atoms with van der Waals surface area (Å²) in [6.45, 7) is 0. The largest absolute Gasteiger partial charge is 0.329 e. The highest BCUT2D eigenvalue weighted by Crippen LogP contribution is 2.39. The molecule has 3 aliphatic rings. The number of hydrogen-bond acceptors (Lipinski definition) is 1. The maximum atomic E-state index is 11.2. The highest BCUT2D eigenvalue weighted by molar-refractivity contribution is 5.79. The van der Waals surface area contributed by atoms with Gasteiger partial charge in [0.25, 0.3) is 0 Å². The van der Waals surface area contributed by atoms with Crippen molar-refractivity contribution in [2.75, 3.05) is 0 Å². The number of allylic oxidation sites excluding steroid dienone is 6. The lowest BCUT2D eigenvalue weighted by atomic mass is 9.73. The number of fused-ring (bicyclic) bond motifs is 4. The molecular formula is C12H13NO. The Morgan fingerprint density at radius 1 is 1.43 bits per heavy atom. The molecule has 0 spiro atoms. The van der Waals surface area contributed by atoms with Gasteiger partial charge in [0, 0.05) is 18.0 Å². The van der Waals surface area contributed by atoms with Gasteiger partial charge in [-0.3, -0.25) is 4.79 Å². The van der Waals surface area contributed by atoms with E-state index in [4.69, 9.17) is 0 Å². The Bertz CT molecular complexity index is 376. The Hall–Kier alpha value is -1.31. The Morgan fingerprint density at radius 3 is 3.29 bits per heavy atom. The molecule has 2 aliphatic carbocycles. The molecule has 2 nitrogen and oxygen atoms in total. The van der Waals surface area contributed by atoms with Crippen molar-refractivity contribution < 1.29 is 4.79 Å². The van der Waals surface area contributed by atoms with E-state index in [2.05, 4.69) is 29.6 Å². The molecule has 0 aromatic heterocycles. The fourth-order valence-corrected chi connectivity index (χ4v) is 2.66. The number of hydrogen-bond donors (Lipinski definition) is 1. The molecule has 2 unspecified atom stereocenters. The lowest BCUT2D eigenvalue weighted by molar-refractivity contribution is -0.122. The van der Waals surface area contributed by atoms with Crippen molar-refractivity contribution in [3.8, 4) is 0 Å². The normalized spacial score (nSPS) is 34.1. The summed E-state index contributed by atoms with van der Waals surface area (Å²) in [4.78, 5) is 11.2. The van der Waals surface area contributed by atoms with Crippen LogP contribution in [0.4, 0.5) is 0 Å². The molecule has 2 heteroatoms. The van der Waals surface area contributed by atoms with Crippen LogP contribution >= 0.6 is 0 Å². The van der Waals surface area contributed by atoms with Crippen LogP contribution in [0, 0.1) is 11.8 Å². The third-order valence-corrected chi connectivity index (χ3v) is 3.36. The van der Waals surface area contributed by atoms with Crippen molar-refractivity contribution in [2.24, 2.45) is 11.8 Å². The molecule has 0 aromatic carbocycles. The van der Waals surface area contributed by atoms with Crippen LogP contribution in [0.25, 0.3) is 0 Å². The molecule has 72 valence electrons. The topological polar surface area (TPSA) is 29.1 Å². The first-order chi connectivity index (χ1) is 6.83. The molecule has 3 rings (SSSR count). The molecule has 1 aliphatic heterocycles. The van der Waals surface area contributed by atoms with Gasteiger partial charge in [0.2, 0.25) is 5.91 Å². The van der Waals surface area contributed by atoms with Crippen molar-refractivity contribution >= 4 is 5.91 Å². The molecule has 1 heterocycles. The smallest absolute Gasteiger partial charge is 0.224 e. The van der Waals surface area contributed by atoms with Crippen LogP contribution in [0.3, 0.4) is 0 Å². The summed E-state index contributed by atoms with van der Waals surface area (Å²) in [6, 6.07) is 0. The quantitative estimate of drug-likeness (QED) is 0.616. The molecule has 0 saturated carbocycles. The Balaban J connectivity index is 2.00. The minimum Gasteiger partial charge on any atom is -0.329 e. The summed E-state index contributed by atoms with van der Waals surface area (Å²) < 4.78 is 0. The monoisotopic (exact) mass is 187 g/mol. The van der Waals surface area contributed by atoms with Crippen molar-refractivity contribution in [3.63, 3.8) is 0 Å². The maximum absolute atomic E-state index is 11.2. The second-order valence-electron chi connectivity index (χ2n) is 4.29. The third-order valence-electron chi connectivity index (χ3n) is 3.36. The van der Waals surface area contributed by atoms with Gasteiger partial charge in [-0.25, -0.2) is 0 Å². The van der Waals surface area contributed by atoms with E-state index in [1.54, 1.807) is 0 Å². The van der Waals surface area contributed by atoms with Gasteiger partial charge >= 0.3 is 0 Å². The van der Waals surface area contributed by atoms with E-state index in [0.717, 1.165) is 18.5 Å². The van der Waals surface area contributed by atoms with E-state index in [1.165, 1.54) is 5.57 Å². The molecule has 1 N–H and O–H groups in total. The Labute approximate surface area is 83.4 Å². The lowest BCUT2D eigenvalue weighted by Crippen LogP contribution is -2.38. The number of piperidine rings is 1. The fraction of sp³-hybridized carbons (Fsp3) is 0.417. The summed E-state index contributed by atoms with van der Waals surface area (Å²) >= 11 is 0. The SMILES string of the molecule is O=C1CCC2C(=CC3=CC=CC2C3)N1. The van der Waals surface area contributed by atoms with Gasteiger partial charge in [-0.15, -0.1) is 0 Å². The van der Waals surface area contributed by atoms with E-state index in [0.29, 0.717) is 18.3 Å². The zero-order valence-electron chi connectivity index (χ0n) is 7.99. The highest BCUT2D eigenvalue weighted by Gasteiger charge is 2.33. The number of carbonyl (C=O) groups excluding carboxylic acids is 1. The Kier molecular flexibility index (Phi) is 1.63. The summed E-state index contributed by atoms with van der Waals surface area (Å²) in [5.74, 6) is 1.36. The molecular weight excluding hydrogens is 174 g/mol. The van der Waals surface area contributed by atoms with Crippen LogP contribution < -0.4 is 5.32 Å². The van der Waals surface area contributed by atoms with Crippen molar-refractivity contribution in [1.29, 1.82) is 0 Å². The third kappa shape index (κ3) is 1.14. The summed E-state index contributed by atoms with van der Waals surface area (Å²) in [7, 11) is 0. The molecule has 14 heavy (non-hydrogen) atoms. The summed E-state index contributed by atoms with van der Waals surface area (Å²) in [5.41, 5.74) is 2.50. The van der Waals surface area contributed by atoms with Crippen LogP contribution in [-0.2, 0) is 4.79 Å². The van der Waals surface area contributed by atoms with E-state index < -0.39 is 0 Å². The minimum atomic E-state index is 0.178. The van der Waals surface area contributed by atoms with Gasteiger partial charge in [-0.05, 0) is 30.4 Å². The predicted octanol–water partition coefficient (Wildman–Crippen LogP) is 1.91. The predicted molar refractivity (Wildman–Crippen MR) is 54.3 cm³/mol. The summed E-state index contributed by atoms with van der Waals surface area (Å²) in [6.07, 6.45) is 11.6. The van der Waals surface area contributed by atoms with Crippen LogP contribution in [0.15, 0.2) is 35.6 Å². The maximum Gasteiger partial charge on any atom is 0.224 e. The highest BCUT2D eigenvalue weighted by atomic mass is 16.1. The van der Waals surface area contributed by atoms with E-state index >= 15 is 0 Å². The number of amides is 1. The van der Waals surface area contributed by atoms with Crippen LogP contribution in [0.5, 0.6) is 0 Å². The van der Waals surface area contributed by atoms with Crippen LogP contribution in [0.2, 0.25) is 0 Å². The Morgan fingerprint density at radius 2 is 2.36 bits per heavy atom. The van der Waals surface area contributed by atoms with Gasteiger partial charge in [-0.2, -0.15) is 0 Å². The van der Waals surface area contributed by atoms with Crippen LogP contribution in [0.1, 0.15) is 19.3 Å². The van der Waals surface area contributed by atoms with E-state index in [9.17, 15) is 4.79 Å². The van der Waals surface area contributed by atoms with Gasteiger partial charge < -0.3 is 5.32 Å². The zero-order valence-corrected chi connectivity index (χ0v) is 7.99. The lowest BCUT2D eigenvalue weighted by Gasteiger charge is -2.36. The minimum absolute atomic E-state index is 0.178. The second kappa shape index (κ2) is 2.84. The standard InChI is InChI=1S/C12H13NO/c14-12-5-4-10-9-3-1-2-8(6-9)7-11(10)13-12/h1-3,7,9-10H,4-6H2,(H,13,14). The molecule has 1 fully saturated rings. The molecule has 2 atom stereocenters. The molecule has 1 saturated heterocycles. The van der Waals surface area contributed by atoms with Gasteiger partial charge in [-0.1, -0.05) is 18.2 Å². The first-order valence-electron chi connectivity index (χ1n) is 5.22. The van der Waals surface area contributed by atoms with Crippen molar-refractivity contribution in [1.82, 2.24) is 5.32 Å². The van der Waals surface area contributed by atoms with Gasteiger partial charge in [0.15, 0.2) is 0 Å². The van der Waals surface area contributed by atoms with Gasteiger partial charge in [0.05, 0.1) is 0 Å². The van der Waals surface area contributed by atoms with Crippen LogP contribution in [-0.4, -0.2) is 5.91 Å². The molecule has 0 aromatic rings. The summed E-state index contributed by atoms with van der Waals surface area (Å²) in [5, 5.41) is 2.99. The first kappa shape index (κ1) is 8.04. The van der Waals surface area contributed by atoms with E-state index in [-0.39, 0.29) is 5.91 Å². The number of rotatable bonds is 0. The second-order valence-corrected chi connectivity index (χ2v) is 4.29.